The molecule has 7 nitrogen and oxygen atoms in total. The van der Waals surface area contributed by atoms with Crippen molar-refractivity contribution in [3.8, 4) is 11.8 Å². The quantitative estimate of drug-likeness (QED) is 0.718. The van der Waals surface area contributed by atoms with Crippen LogP contribution in [0.3, 0.4) is 0 Å². The average Bonchev–Trinajstić information content (AvgIpc) is 2.56. The second-order valence-corrected chi connectivity index (χ2v) is 6.36. The zero-order valence-corrected chi connectivity index (χ0v) is 15.6. The summed E-state index contributed by atoms with van der Waals surface area (Å²) in [5.41, 5.74) is 6.02. The third-order valence-corrected chi connectivity index (χ3v) is 3.64. The Balaban J connectivity index is 2.96. The van der Waals surface area contributed by atoms with Gasteiger partial charge in [-0.15, -0.1) is 0 Å². The molecule has 1 unspecified atom stereocenters. The van der Waals surface area contributed by atoms with Crippen LogP contribution in [-0.4, -0.2) is 35.6 Å². The molecule has 0 aromatic heterocycles. The molecule has 0 radical (unpaired) electrons. The van der Waals surface area contributed by atoms with Crippen molar-refractivity contribution in [2.75, 3.05) is 6.61 Å². The maximum atomic E-state index is 12.5. The fraction of sp³-hybridized carbons (Fsp3) is 0.421. The Kier molecular flexibility index (Phi) is 7.66. The van der Waals surface area contributed by atoms with Crippen molar-refractivity contribution in [1.29, 1.82) is 5.26 Å². The fourth-order valence-electron chi connectivity index (χ4n) is 2.48. The highest BCUT2D eigenvalue weighted by atomic mass is 16.6. The minimum atomic E-state index is -0.846. The molecule has 0 saturated carbocycles. The first kappa shape index (κ1) is 21.0. The number of rotatable bonds is 8. The van der Waals surface area contributed by atoms with Gasteiger partial charge in [-0.05, 0) is 44.0 Å². The number of carbonyl (C=O) groups is 2. The zero-order chi connectivity index (χ0) is 19.9. The van der Waals surface area contributed by atoms with Gasteiger partial charge in [-0.3, -0.25) is 9.69 Å². The Morgan fingerprint density at radius 1 is 1.27 bits per heavy atom. The van der Waals surface area contributed by atoms with Crippen LogP contribution < -0.4 is 10.5 Å². The minimum absolute atomic E-state index is 0.119. The number of hydrogen-bond donors (Lipinski definition) is 1. The van der Waals surface area contributed by atoms with Gasteiger partial charge in [-0.1, -0.05) is 20.4 Å². The van der Waals surface area contributed by atoms with Gasteiger partial charge < -0.3 is 15.2 Å². The van der Waals surface area contributed by atoms with E-state index < -0.39 is 24.1 Å². The number of primary amides is 1. The van der Waals surface area contributed by atoms with E-state index in [0.29, 0.717) is 11.3 Å². The van der Waals surface area contributed by atoms with Gasteiger partial charge in [-0.25, -0.2) is 4.79 Å². The van der Waals surface area contributed by atoms with Crippen molar-refractivity contribution in [2.45, 2.75) is 39.8 Å². The lowest BCUT2D eigenvalue weighted by Crippen LogP contribution is -2.55. The third-order valence-electron chi connectivity index (χ3n) is 3.64. The molecule has 0 aliphatic rings. The van der Waals surface area contributed by atoms with Crippen LogP contribution in [0.1, 0.15) is 33.3 Å². The van der Waals surface area contributed by atoms with Crippen LogP contribution in [0.2, 0.25) is 0 Å². The lowest BCUT2D eigenvalue weighted by atomic mass is 10.0. The number of nitrogens with two attached hydrogens (primary N) is 1. The highest BCUT2D eigenvalue weighted by Crippen LogP contribution is 2.19. The Bertz CT molecular complexity index is 692. The second kappa shape index (κ2) is 9.47. The number of nitrogens with zero attached hydrogens (tertiary/aromatic N) is 2. The monoisotopic (exact) mass is 359 g/mol. The van der Waals surface area contributed by atoms with Gasteiger partial charge in [0, 0.05) is 0 Å². The lowest BCUT2D eigenvalue weighted by molar-refractivity contribution is -0.125. The molecule has 2 amide bonds. The van der Waals surface area contributed by atoms with Crippen molar-refractivity contribution < 1.29 is 19.1 Å². The highest BCUT2D eigenvalue weighted by molar-refractivity contribution is 5.85. The van der Waals surface area contributed by atoms with Gasteiger partial charge in [0.2, 0.25) is 5.91 Å². The molecule has 1 aromatic carbocycles. The molecular weight excluding hydrogens is 334 g/mol. The molecule has 7 heteroatoms. The maximum absolute atomic E-state index is 12.5. The van der Waals surface area contributed by atoms with Crippen molar-refractivity contribution in [3.05, 3.63) is 42.2 Å². The molecule has 0 fully saturated rings. The fourth-order valence-corrected chi connectivity index (χ4v) is 2.48. The van der Waals surface area contributed by atoms with Crippen LogP contribution in [0, 0.1) is 17.2 Å². The average molecular weight is 359 g/mol. The van der Waals surface area contributed by atoms with E-state index in [-0.39, 0.29) is 18.3 Å². The SMILES string of the molecule is C=C(C)OC(=O)N(C(C)COc1ccc(C#N)cc1)[C@H](C(N)=O)C(C)C. The molecule has 0 bridgehead atoms. The molecule has 2 atom stereocenters. The van der Waals surface area contributed by atoms with E-state index in [1.54, 1.807) is 52.0 Å². The van der Waals surface area contributed by atoms with Gasteiger partial charge in [0.25, 0.3) is 0 Å². The summed E-state index contributed by atoms with van der Waals surface area (Å²) in [6.07, 6.45) is -0.703. The topological polar surface area (TPSA) is 106 Å². The highest BCUT2D eigenvalue weighted by Gasteiger charge is 2.36. The Morgan fingerprint density at radius 2 is 1.85 bits per heavy atom. The van der Waals surface area contributed by atoms with E-state index in [1.807, 2.05) is 6.07 Å². The van der Waals surface area contributed by atoms with Crippen molar-refractivity contribution in [3.63, 3.8) is 0 Å². The van der Waals surface area contributed by atoms with Crippen LogP contribution in [0.4, 0.5) is 4.79 Å². The molecule has 2 N–H and O–H groups in total. The first-order valence-electron chi connectivity index (χ1n) is 8.25. The van der Waals surface area contributed by atoms with E-state index in [0.717, 1.165) is 0 Å². The largest absolute Gasteiger partial charge is 0.491 e. The molecule has 0 spiro atoms. The van der Waals surface area contributed by atoms with Crippen LogP contribution in [0.25, 0.3) is 0 Å². The second-order valence-electron chi connectivity index (χ2n) is 6.36. The summed E-state index contributed by atoms with van der Waals surface area (Å²) in [4.78, 5) is 25.7. The predicted molar refractivity (Wildman–Crippen MR) is 97.1 cm³/mol. The molecule has 0 heterocycles. The number of ether oxygens (including phenoxy) is 2. The summed E-state index contributed by atoms with van der Waals surface area (Å²) in [6.45, 7) is 10.5. The maximum Gasteiger partial charge on any atom is 0.415 e. The summed E-state index contributed by atoms with van der Waals surface area (Å²) in [6, 6.07) is 7.28. The number of nitriles is 1. The first-order chi connectivity index (χ1) is 12.2. The molecule has 0 aliphatic heterocycles. The van der Waals surface area contributed by atoms with Crippen LogP contribution in [0.15, 0.2) is 36.6 Å². The molecular formula is C19H25N3O4. The van der Waals surface area contributed by atoms with Crippen LogP contribution >= 0.6 is 0 Å². The zero-order valence-electron chi connectivity index (χ0n) is 15.6. The summed E-state index contributed by atoms with van der Waals surface area (Å²) in [5, 5.41) is 8.82. The first-order valence-corrected chi connectivity index (χ1v) is 8.25. The van der Waals surface area contributed by atoms with E-state index >= 15 is 0 Å². The summed E-state index contributed by atoms with van der Waals surface area (Å²) in [7, 11) is 0. The Labute approximate surface area is 154 Å². The number of hydrogen-bond acceptors (Lipinski definition) is 5. The van der Waals surface area contributed by atoms with E-state index in [4.69, 9.17) is 20.5 Å². The van der Waals surface area contributed by atoms with Crippen LogP contribution in [0.5, 0.6) is 5.75 Å². The van der Waals surface area contributed by atoms with E-state index in [9.17, 15) is 9.59 Å². The van der Waals surface area contributed by atoms with E-state index in [1.165, 1.54) is 4.90 Å². The third kappa shape index (κ3) is 5.81. The normalized spacial score (nSPS) is 12.6. The summed E-state index contributed by atoms with van der Waals surface area (Å²) < 4.78 is 10.8. The van der Waals surface area contributed by atoms with Crippen molar-refractivity contribution in [1.82, 2.24) is 4.90 Å². The molecule has 1 aromatic rings. The van der Waals surface area contributed by atoms with Gasteiger partial charge in [0.15, 0.2) is 0 Å². The van der Waals surface area contributed by atoms with Crippen molar-refractivity contribution >= 4 is 12.0 Å². The molecule has 140 valence electrons. The lowest BCUT2D eigenvalue weighted by Gasteiger charge is -2.35. The number of carbonyl (C=O) groups excluding carboxylic acids is 2. The Morgan fingerprint density at radius 3 is 2.27 bits per heavy atom. The van der Waals surface area contributed by atoms with Gasteiger partial charge in [0.05, 0.1) is 23.4 Å². The van der Waals surface area contributed by atoms with Gasteiger partial charge in [0.1, 0.15) is 18.4 Å². The number of amides is 2. The smallest absolute Gasteiger partial charge is 0.415 e. The van der Waals surface area contributed by atoms with Gasteiger partial charge in [-0.2, -0.15) is 5.26 Å². The predicted octanol–water partition coefficient (Wildman–Crippen LogP) is 2.81. The molecule has 1 rings (SSSR count). The van der Waals surface area contributed by atoms with Gasteiger partial charge >= 0.3 is 6.09 Å². The molecule has 26 heavy (non-hydrogen) atoms. The molecule has 0 aliphatic carbocycles. The van der Waals surface area contributed by atoms with Crippen LogP contribution in [-0.2, 0) is 9.53 Å². The molecule has 0 saturated heterocycles. The minimum Gasteiger partial charge on any atom is -0.491 e. The standard InChI is InChI=1S/C19H25N3O4/c1-12(2)17(18(21)23)22(19(24)26-13(3)4)14(5)11-25-16-8-6-15(10-20)7-9-16/h6-9,12,14,17H,3,11H2,1-2,4-5H3,(H2,21,23)/t14?,17-/m0/s1. The summed E-state index contributed by atoms with van der Waals surface area (Å²) >= 11 is 0. The number of benzene rings is 1. The number of allylic oxidation sites excluding steroid dienone is 1. The van der Waals surface area contributed by atoms with E-state index in [2.05, 4.69) is 6.58 Å². The summed E-state index contributed by atoms with van der Waals surface area (Å²) in [5.74, 6) is -0.0668. The Hall–Kier alpha value is -3.01. The van der Waals surface area contributed by atoms with Crippen molar-refractivity contribution in [2.24, 2.45) is 11.7 Å².